The Bertz CT molecular complexity index is 223. The van der Waals surface area contributed by atoms with Crippen molar-refractivity contribution in [2.45, 2.75) is 12.6 Å². The van der Waals surface area contributed by atoms with Gasteiger partial charge in [-0.3, -0.25) is 5.73 Å². The molecule has 0 aliphatic heterocycles. The highest BCUT2D eigenvalue weighted by atomic mass is 35.5. The molecule has 1 aromatic carbocycles. The Hall–Kier alpha value is -0.570. The summed E-state index contributed by atoms with van der Waals surface area (Å²) in [7, 11) is 0. The van der Waals surface area contributed by atoms with Gasteiger partial charge in [-0.25, -0.2) is 0 Å². The van der Waals surface area contributed by atoms with Crippen LogP contribution in [-0.2, 0) is 5.72 Å². The van der Waals surface area contributed by atoms with Crippen LogP contribution in [0.3, 0.4) is 0 Å². The van der Waals surface area contributed by atoms with E-state index in [0.717, 1.165) is 0 Å². The Morgan fingerprint density at radius 2 is 1.83 bits per heavy atom. The maximum absolute atomic E-state index is 9.52. The van der Waals surface area contributed by atoms with E-state index < -0.39 is 5.72 Å². The van der Waals surface area contributed by atoms with Crippen molar-refractivity contribution >= 4 is 12.4 Å². The van der Waals surface area contributed by atoms with Crippen LogP contribution in [0.5, 0.6) is 0 Å². The smallest absolute Gasteiger partial charge is 0.142 e. The van der Waals surface area contributed by atoms with Crippen LogP contribution in [0.2, 0.25) is 0 Å². The van der Waals surface area contributed by atoms with Gasteiger partial charge in [-0.2, -0.15) is 0 Å². The number of hydrogen-bond acceptors (Lipinski definition) is 2. The van der Waals surface area contributed by atoms with Crippen LogP contribution in [0.1, 0.15) is 12.5 Å². The summed E-state index contributed by atoms with van der Waals surface area (Å²) in [6.07, 6.45) is 1.56. The minimum absolute atomic E-state index is 0. The van der Waals surface area contributed by atoms with Gasteiger partial charge in [0, 0.05) is 6.42 Å². The van der Waals surface area contributed by atoms with Crippen LogP contribution in [0.15, 0.2) is 30.3 Å². The van der Waals surface area contributed by atoms with E-state index in [2.05, 4.69) is 0 Å². The number of aliphatic hydroxyl groups is 1. The summed E-state index contributed by atoms with van der Waals surface area (Å²) in [5.74, 6) is 0. The van der Waals surface area contributed by atoms with Crippen LogP contribution in [-0.4, -0.2) is 5.11 Å². The van der Waals surface area contributed by atoms with Gasteiger partial charge in [0.1, 0.15) is 5.72 Å². The molecule has 0 bridgehead atoms. The lowest BCUT2D eigenvalue weighted by Gasteiger charge is -2.20. The first kappa shape index (κ1) is 11.4. The maximum Gasteiger partial charge on any atom is 0.142 e. The monoisotopic (exact) mass is 186 g/mol. The second-order valence-corrected chi connectivity index (χ2v) is 2.48. The Morgan fingerprint density at radius 1 is 1.33 bits per heavy atom. The van der Waals surface area contributed by atoms with E-state index in [4.69, 9.17) is 5.73 Å². The molecular weight excluding hydrogens is 174 g/mol. The Balaban J connectivity index is 0.00000121. The highest BCUT2D eigenvalue weighted by Gasteiger charge is 2.20. The molecule has 0 saturated heterocycles. The molecule has 0 heterocycles. The van der Waals surface area contributed by atoms with Gasteiger partial charge in [-0.15, -0.1) is 12.4 Å². The molecule has 0 saturated carbocycles. The van der Waals surface area contributed by atoms with E-state index in [9.17, 15) is 5.11 Å². The molecule has 3 N–H and O–H groups in total. The second-order valence-electron chi connectivity index (χ2n) is 2.48. The molecule has 3 heteroatoms. The Morgan fingerprint density at radius 3 is 2.25 bits per heavy atom. The van der Waals surface area contributed by atoms with Crippen molar-refractivity contribution in [2.24, 2.45) is 5.73 Å². The maximum atomic E-state index is 9.52. The summed E-state index contributed by atoms with van der Waals surface area (Å²) in [6, 6.07) is 9.16. The fourth-order valence-electron chi connectivity index (χ4n) is 0.872. The van der Waals surface area contributed by atoms with Gasteiger partial charge in [0.2, 0.25) is 0 Å². The van der Waals surface area contributed by atoms with Crippen molar-refractivity contribution in [3.05, 3.63) is 42.3 Å². The third-order valence-electron chi connectivity index (χ3n) is 1.68. The molecule has 1 atom stereocenters. The van der Waals surface area contributed by atoms with E-state index in [1.807, 2.05) is 18.2 Å². The molecule has 12 heavy (non-hydrogen) atoms. The number of nitrogens with two attached hydrogens (primary N) is 1. The fraction of sp³-hybridized carbons (Fsp3) is 0.222. The molecule has 0 amide bonds. The average Bonchev–Trinajstić information content (AvgIpc) is 2.06. The molecule has 1 rings (SSSR count). The summed E-state index contributed by atoms with van der Waals surface area (Å²) >= 11 is 0. The second kappa shape index (κ2) is 4.45. The van der Waals surface area contributed by atoms with E-state index in [-0.39, 0.29) is 12.4 Å². The summed E-state index contributed by atoms with van der Waals surface area (Å²) < 4.78 is 0. The first-order valence-corrected chi connectivity index (χ1v) is 3.54. The topological polar surface area (TPSA) is 46.2 Å². The molecule has 0 spiro atoms. The van der Waals surface area contributed by atoms with Crippen LogP contribution in [0.25, 0.3) is 0 Å². The minimum Gasteiger partial charge on any atom is -0.371 e. The van der Waals surface area contributed by atoms with Crippen molar-refractivity contribution in [1.29, 1.82) is 0 Å². The minimum atomic E-state index is -1.29. The van der Waals surface area contributed by atoms with Crippen LogP contribution in [0, 0.1) is 6.42 Å². The van der Waals surface area contributed by atoms with Crippen molar-refractivity contribution in [3.63, 3.8) is 0 Å². The predicted molar refractivity (Wildman–Crippen MR) is 51.7 cm³/mol. The summed E-state index contributed by atoms with van der Waals surface area (Å²) in [4.78, 5) is 0. The average molecular weight is 187 g/mol. The van der Waals surface area contributed by atoms with Gasteiger partial charge in [0.15, 0.2) is 0 Å². The summed E-state index contributed by atoms with van der Waals surface area (Å²) in [5, 5.41) is 9.52. The van der Waals surface area contributed by atoms with Gasteiger partial charge in [0.25, 0.3) is 0 Å². The lowest BCUT2D eigenvalue weighted by Crippen LogP contribution is -2.35. The largest absolute Gasteiger partial charge is 0.371 e. The van der Waals surface area contributed by atoms with Gasteiger partial charge in [-0.1, -0.05) is 37.3 Å². The quantitative estimate of drug-likeness (QED) is 0.687. The SMILES string of the molecule is C[CH][C@@](N)(O)c1ccccc1.Cl. The number of rotatable bonds is 2. The molecule has 0 fully saturated rings. The normalized spacial score (nSPS) is 14.6. The van der Waals surface area contributed by atoms with Gasteiger partial charge in [0.05, 0.1) is 0 Å². The summed E-state index contributed by atoms with van der Waals surface area (Å²) in [5.41, 5.74) is 4.96. The highest BCUT2D eigenvalue weighted by Crippen LogP contribution is 2.16. The zero-order valence-corrected chi connectivity index (χ0v) is 7.71. The Labute approximate surface area is 78.8 Å². The first-order chi connectivity index (χ1) is 5.17. The summed E-state index contributed by atoms with van der Waals surface area (Å²) in [6.45, 7) is 1.73. The molecule has 1 radical (unpaired) electrons. The van der Waals surface area contributed by atoms with Crippen LogP contribution < -0.4 is 5.73 Å². The van der Waals surface area contributed by atoms with Crippen LogP contribution >= 0.6 is 12.4 Å². The standard InChI is InChI=1S/C9H12NO.ClH/c1-2-9(10,11)8-6-4-3-5-7-8;/h2-7,11H,10H2,1H3;1H/t9-;/m1./s1. The Kier molecular flexibility index (Phi) is 4.24. The lowest BCUT2D eigenvalue weighted by molar-refractivity contribution is 0.0796. The van der Waals surface area contributed by atoms with E-state index in [1.54, 1.807) is 25.5 Å². The van der Waals surface area contributed by atoms with Crippen molar-refractivity contribution in [2.75, 3.05) is 0 Å². The molecule has 67 valence electrons. The van der Waals surface area contributed by atoms with Crippen molar-refractivity contribution in [1.82, 2.24) is 0 Å². The zero-order valence-electron chi connectivity index (χ0n) is 6.90. The molecule has 1 aromatic rings. The van der Waals surface area contributed by atoms with E-state index >= 15 is 0 Å². The molecule has 0 aliphatic rings. The lowest BCUT2D eigenvalue weighted by atomic mass is 10.0. The fourth-order valence-corrected chi connectivity index (χ4v) is 0.872. The number of benzene rings is 1. The van der Waals surface area contributed by atoms with Crippen molar-refractivity contribution in [3.8, 4) is 0 Å². The molecule has 0 unspecified atom stereocenters. The van der Waals surface area contributed by atoms with Crippen molar-refractivity contribution < 1.29 is 5.11 Å². The van der Waals surface area contributed by atoms with E-state index in [0.29, 0.717) is 5.56 Å². The molecule has 0 aromatic heterocycles. The van der Waals surface area contributed by atoms with E-state index in [1.165, 1.54) is 0 Å². The first-order valence-electron chi connectivity index (χ1n) is 3.54. The van der Waals surface area contributed by atoms with Gasteiger partial charge >= 0.3 is 0 Å². The third kappa shape index (κ3) is 2.48. The number of halogens is 1. The predicted octanol–water partition coefficient (Wildman–Crippen LogP) is 1.44. The molecular formula is C9H13ClNO. The number of hydrogen-bond donors (Lipinski definition) is 2. The van der Waals surface area contributed by atoms with Gasteiger partial charge < -0.3 is 5.11 Å². The molecule has 0 aliphatic carbocycles. The van der Waals surface area contributed by atoms with Crippen LogP contribution in [0.4, 0.5) is 0 Å². The zero-order chi connectivity index (χ0) is 8.32. The third-order valence-corrected chi connectivity index (χ3v) is 1.68. The highest BCUT2D eigenvalue weighted by molar-refractivity contribution is 5.85. The molecule has 2 nitrogen and oxygen atoms in total. The van der Waals surface area contributed by atoms with Gasteiger partial charge in [-0.05, 0) is 5.56 Å².